The van der Waals surface area contributed by atoms with E-state index in [4.69, 9.17) is 18.9 Å². The van der Waals surface area contributed by atoms with Crippen LogP contribution in [-0.4, -0.2) is 40.1 Å². The van der Waals surface area contributed by atoms with Crippen LogP contribution in [0.1, 0.15) is 50.7 Å². The van der Waals surface area contributed by atoms with Crippen molar-refractivity contribution < 1.29 is 18.9 Å². The molecule has 2 aromatic rings. The predicted octanol–water partition coefficient (Wildman–Crippen LogP) is 5.11. The molecule has 0 aromatic heterocycles. The normalized spacial score (nSPS) is 23.4. The summed E-state index contributed by atoms with van der Waals surface area (Å²) in [5, 5.41) is 3.64. The highest BCUT2D eigenvalue weighted by molar-refractivity contribution is 5.43. The molecule has 0 saturated carbocycles. The average Bonchev–Trinajstić information content (AvgIpc) is 2.81. The summed E-state index contributed by atoms with van der Waals surface area (Å²) in [7, 11) is 5.09. The first-order valence-electron chi connectivity index (χ1n) is 11.2. The summed E-state index contributed by atoms with van der Waals surface area (Å²) >= 11 is 0. The number of ether oxygens (including phenoxy) is 4. The van der Waals surface area contributed by atoms with Crippen LogP contribution in [0.3, 0.4) is 0 Å². The molecule has 1 N–H and O–H groups in total. The molecule has 2 unspecified atom stereocenters. The maximum absolute atomic E-state index is 6.20. The molecular formula is C26H37NO4. The topological polar surface area (TPSA) is 49.0 Å². The van der Waals surface area contributed by atoms with Crippen molar-refractivity contribution in [2.45, 2.75) is 57.1 Å². The minimum atomic E-state index is -0.109. The summed E-state index contributed by atoms with van der Waals surface area (Å²) in [6.45, 7) is 6.93. The third-order valence-electron chi connectivity index (χ3n) is 6.73. The highest BCUT2D eigenvalue weighted by Gasteiger charge is 2.44. The third kappa shape index (κ3) is 5.34. The number of methoxy groups -OCH3 is 3. The van der Waals surface area contributed by atoms with Crippen molar-refractivity contribution >= 4 is 0 Å². The minimum absolute atomic E-state index is 0.0280. The lowest BCUT2D eigenvalue weighted by Gasteiger charge is -2.47. The number of hydrogen-bond donors (Lipinski definition) is 1. The minimum Gasteiger partial charge on any atom is -0.496 e. The maximum atomic E-state index is 6.20. The Kier molecular flexibility index (Phi) is 7.84. The number of para-hydroxylation sites is 1. The van der Waals surface area contributed by atoms with E-state index in [0.29, 0.717) is 0 Å². The van der Waals surface area contributed by atoms with E-state index < -0.39 is 0 Å². The van der Waals surface area contributed by atoms with Gasteiger partial charge in [0.2, 0.25) is 0 Å². The molecule has 0 aliphatic carbocycles. The van der Waals surface area contributed by atoms with Gasteiger partial charge in [0.05, 0.1) is 26.9 Å². The van der Waals surface area contributed by atoms with Crippen molar-refractivity contribution in [2.24, 2.45) is 0 Å². The fraction of sp³-hybridized carbons (Fsp3) is 0.538. The lowest BCUT2D eigenvalue weighted by atomic mass is 9.66. The summed E-state index contributed by atoms with van der Waals surface area (Å²) in [6, 6.07) is 14.5. The van der Waals surface area contributed by atoms with Crippen molar-refractivity contribution in [2.75, 3.05) is 34.5 Å². The van der Waals surface area contributed by atoms with E-state index in [2.05, 4.69) is 43.4 Å². The van der Waals surface area contributed by atoms with Crippen LogP contribution in [0.5, 0.6) is 17.2 Å². The Bertz CT molecular complexity index is 855. The molecule has 0 spiro atoms. The Labute approximate surface area is 187 Å². The van der Waals surface area contributed by atoms with Crippen molar-refractivity contribution in [3.05, 3.63) is 53.6 Å². The van der Waals surface area contributed by atoms with Crippen LogP contribution >= 0.6 is 0 Å². The SMILES string of the molecule is CCC1(C)CC(CCNCc2ccc(OC)c(OC)c2)(c2ccccc2OC)CCO1. The second kappa shape index (κ2) is 10.4. The summed E-state index contributed by atoms with van der Waals surface area (Å²) in [5.74, 6) is 2.49. The molecule has 3 rings (SSSR count). The van der Waals surface area contributed by atoms with Gasteiger partial charge in [0.1, 0.15) is 5.75 Å². The van der Waals surface area contributed by atoms with Gasteiger partial charge in [-0.15, -0.1) is 0 Å². The maximum Gasteiger partial charge on any atom is 0.161 e. The molecule has 2 atom stereocenters. The highest BCUT2D eigenvalue weighted by Crippen LogP contribution is 2.47. The zero-order valence-electron chi connectivity index (χ0n) is 19.6. The van der Waals surface area contributed by atoms with Crippen molar-refractivity contribution in [1.29, 1.82) is 0 Å². The molecule has 5 nitrogen and oxygen atoms in total. The van der Waals surface area contributed by atoms with E-state index in [1.54, 1.807) is 21.3 Å². The Morgan fingerprint density at radius 2 is 1.71 bits per heavy atom. The quantitative estimate of drug-likeness (QED) is 0.534. The van der Waals surface area contributed by atoms with Gasteiger partial charge in [0.15, 0.2) is 11.5 Å². The fourth-order valence-corrected chi connectivity index (χ4v) is 4.79. The third-order valence-corrected chi connectivity index (χ3v) is 6.73. The van der Waals surface area contributed by atoms with Gasteiger partial charge in [-0.2, -0.15) is 0 Å². The summed E-state index contributed by atoms with van der Waals surface area (Å²) in [4.78, 5) is 0. The van der Waals surface area contributed by atoms with Crippen molar-refractivity contribution in [1.82, 2.24) is 5.32 Å². The number of nitrogens with one attached hydrogen (secondary N) is 1. The van der Waals surface area contributed by atoms with Gasteiger partial charge < -0.3 is 24.3 Å². The first kappa shape index (κ1) is 23.4. The highest BCUT2D eigenvalue weighted by atomic mass is 16.5. The second-order valence-corrected chi connectivity index (χ2v) is 8.68. The Balaban J connectivity index is 1.74. The molecular weight excluding hydrogens is 390 g/mol. The van der Waals surface area contributed by atoms with Gasteiger partial charge in [0, 0.05) is 24.1 Å². The van der Waals surface area contributed by atoms with Gasteiger partial charge in [0.25, 0.3) is 0 Å². The molecule has 5 heteroatoms. The van der Waals surface area contributed by atoms with E-state index in [1.165, 1.54) is 11.1 Å². The zero-order chi connectivity index (χ0) is 22.3. The fourth-order valence-electron chi connectivity index (χ4n) is 4.79. The van der Waals surface area contributed by atoms with Crippen LogP contribution in [0, 0.1) is 0 Å². The van der Waals surface area contributed by atoms with Crippen LogP contribution in [0.25, 0.3) is 0 Å². The second-order valence-electron chi connectivity index (χ2n) is 8.68. The summed E-state index contributed by atoms with van der Waals surface area (Å²) in [6.07, 6.45) is 4.03. The van der Waals surface area contributed by atoms with E-state index in [1.807, 2.05) is 18.2 Å². The van der Waals surface area contributed by atoms with E-state index in [9.17, 15) is 0 Å². The van der Waals surface area contributed by atoms with Gasteiger partial charge in [-0.1, -0.05) is 31.2 Å². The first-order chi connectivity index (χ1) is 15.0. The Hall–Kier alpha value is -2.24. The van der Waals surface area contributed by atoms with Gasteiger partial charge >= 0.3 is 0 Å². The van der Waals surface area contributed by atoms with E-state index in [0.717, 1.165) is 62.6 Å². The van der Waals surface area contributed by atoms with Crippen LogP contribution in [0.4, 0.5) is 0 Å². The average molecular weight is 428 g/mol. The smallest absolute Gasteiger partial charge is 0.161 e. The number of benzene rings is 2. The number of hydrogen-bond acceptors (Lipinski definition) is 5. The molecule has 1 fully saturated rings. The molecule has 1 saturated heterocycles. The van der Waals surface area contributed by atoms with Crippen LogP contribution in [-0.2, 0) is 16.7 Å². The first-order valence-corrected chi connectivity index (χ1v) is 11.2. The predicted molar refractivity (Wildman–Crippen MR) is 124 cm³/mol. The van der Waals surface area contributed by atoms with Gasteiger partial charge in [-0.25, -0.2) is 0 Å². The molecule has 2 aromatic carbocycles. The molecule has 1 aliphatic rings. The summed E-state index contributed by atoms with van der Waals surface area (Å²) in [5.41, 5.74) is 2.39. The number of rotatable bonds is 10. The lowest BCUT2D eigenvalue weighted by molar-refractivity contribution is -0.0982. The van der Waals surface area contributed by atoms with Crippen molar-refractivity contribution in [3.63, 3.8) is 0 Å². The van der Waals surface area contributed by atoms with Crippen LogP contribution < -0.4 is 19.5 Å². The molecule has 1 heterocycles. The Morgan fingerprint density at radius 1 is 0.968 bits per heavy atom. The van der Waals surface area contributed by atoms with Crippen LogP contribution in [0.15, 0.2) is 42.5 Å². The van der Waals surface area contributed by atoms with Crippen molar-refractivity contribution in [3.8, 4) is 17.2 Å². The standard InChI is InChI=1S/C26H37NO4/c1-6-25(2)19-26(14-16-31-25,21-9-7-8-10-22(21)28-3)13-15-27-18-20-11-12-23(29-4)24(17-20)30-5/h7-12,17,27H,6,13-16,18-19H2,1-5H3. The molecule has 31 heavy (non-hydrogen) atoms. The zero-order valence-corrected chi connectivity index (χ0v) is 19.6. The molecule has 0 amide bonds. The van der Waals surface area contributed by atoms with E-state index >= 15 is 0 Å². The molecule has 1 aliphatic heterocycles. The lowest BCUT2D eigenvalue weighted by Crippen LogP contribution is -2.46. The summed E-state index contributed by atoms with van der Waals surface area (Å²) < 4.78 is 22.7. The van der Waals surface area contributed by atoms with Crippen LogP contribution in [0.2, 0.25) is 0 Å². The van der Waals surface area contributed by atoms with Gasteiger partial charge in [-0.3, -0.25) is 0 Å². The largest absolute Gasteiger partial charge is 0.496 e. The van der Waals surface area contributed by atoms with E-state index in [-0.39, 0.29) is 11.0 Å². The molecule has 0 radical (unpaired) electrons. The molecule has 170 valence electrons. The Morgan fingerprint density at radius 3 is 2.42 bits per heavy atom. The molecule has 0 bridgehead atoms. The van der Waals surface area contributed by atoms with Gasteiger partial charge in [-0.05, 0) is 62.9 Å². The monoisotopic (exact) mass is 427 g/mol.